The molecular weight excluding hydrogens is 236 g/mol. The van der Waals surface area contributed by atoms with Crippen molar-refractivity contribution in [3.63, 3.8) is 0 Å². The first-order chi connectivity index (χ1) is 9.02. The lowest BCUT2D eigenvalue weighted by atomic mass is 10.00. The van der Waals surface area contributed by atoms with Crippen LogP contribution in [0.3, 0.4) is 0 Å². The third-order valence-corrected chi connectivity index (χ3v) is 4.19. The van der Waals surface area contributed by atoms with Gasteiger partial charge in [0, 0.05) is 24.3 Å². The van der Waals surface area contributed by atoms with Gasteiger partial charge >= 0.3 is 0 Å². The van der Waals surface area contributed by atoms with Crippen LogP contribution in [0.4, 0.5) is 0 Å². The lowest BCUT2D eigenvalue weighted by Crippen LogP contribution is -2.44. The zero-order chi connectivity index (χ0) is 14.0. The quantitative estimate of drug-likeness (QED) is 0.913. The van der Waals surface area contributed by atoms with E-state index in [1.165, 1.54) is 18.5 Å². The van der Waals surface area contributed by atoms with Gasteiger partial charge in [-0.1, -0.05) is 6.42 Å². The molecule has 19 heavy (non-hydrogen) atoms. The van der Waals surface area contributed by atoms with Crippen LogP contribution in [0.5, 0.6) is 0 Å². The number of likely N-dealkylation sites (tertiary alicyclic amines) is 1. The monoisotopic (exact) mass is 264 g/mol. The van der Waals surface area contributed by atoms with Crippen LogP contribution in [0, 0.1) is 0 Å². The Balaban J connectivity index is 2.37. The summed E-state index contributed by atoms with van der Waals surface area (Å²) in [5.41, 5.74) is 7.76. The molecule has 2 unspecified atom stereocenters. The topological polar surface area (TPSA) is 47.1 Å². The summed E-state index contributed by atoms with van der Waals surface area (Å²) in [6.45, 7) is 10.1. The van der Waals surface area contributed by atoms with Crippen molar-refractivity contribution < 1.29 is 0 Å². The highest BCUT2D eigenvalue weighted by Crippen LogP contribution is 2.32. The molecule has 4 nitrogen and oxygen atoms in total. The van der Waals surface area contributed by atoms with E-state index in [0.29, 0.717) is 18.1 Å². The number of hydrogen-bond donors (Lipinski definition) is 1. The molecule has 0 bridgehead atoms. The van der Waals surface area contributed by atoms with Crippen molar-refractivity contribution in [2.24, 2.45) is 5.73 Å². The van der Waals surface area contributed by atoms with Gasteiger partial charge in [0.15, 0.2) is 0 Å². The van der Waals surface area contributed by atoms with Crippen molar-refractivity contribution in [3.05, 3.63) is 18.2 Å². The Morgan fingerprint density at radius 2 is 1.95 bits per heavy atom. The minimum absolute atomic E-state index is 0.207. The van der Waals surface area contributed by atoms with Crippen LogP contribution in [-0.2, 0) is 0 Å². The van der Waals surface area contributed by atoms with E-state index < -0.39 is 0 Å². The zero-order valence-electron chi connectivity index (χ0n) is 12.7. The van der Waals surface area contributed by atoms with Gasteiger partial charge < -0.3 is 10.3 Å². The van der Waals surface area contributed by atoms with Crippen LogP contribution < -0.4 is 5.73 Å². The Hall–Kier alpha value is -0.870. The highest BCUT2D eigenvalue weighted by molar-refractivity contribution is 5.11. The summed E-state index contributed by atoms with van der Waals surface area (Å²) in [6.07, 6.45) is 7.54. The van der Waals surface area contributed by atoms with Crippen LogP contribution in [-0.4, -0.2) is 33.1 Å². The number of rotatable bonds is 3. The molecule has 2 atom stereocenters. The maximum atomic E-state index is 6.48. The molecule has 4 heteroatoms. The molecule has 0 radical (unpaired) electrons. The summed E-state index contributed by atoms with van der Waals surface area (Å²) in [6, 6.07) is 1.46. The van der Waals surface area contributed by atoms with Gasteiger partial charge in [-0.05, 0) is 47.1 Å². The van der Waals surface area contributed by atoms with Crippen molar-refractivity contribution in [2.75, 3.05) is 6.54 Å². The molecule has 1 aliphatic rings. The fourth-order valence-corrected chi connectivity index (χ4v) is 3.16. The highest BCUT2D eigenvalue weighted by Gasteiger charge is 2.32. The predicted molar refractivity (Wildman–Crippen MR) is 79.0 cm³/mol. The summed E-state index contributed by atoms with van der Waals surface area (Å²) in [7, 11) is 0. The molecule has 0 aliphatic carbocycles. The van der Waals surface area contributed by atoms with Crippen molar-refractivity contribution in [2.45, 2.75) is 71.1 Å². The van der Waals surface area contributed by atoms with Crippen molar-refractivity contribution in [1.29, 1.82) is 0 Å². The van der Waals surface area contributed by atoms with Gasteiger partial charge in [-0.15, -0.1) is 0 Å². The van der Waals surface area contributed by atoms with E-state index >= 15 is 0 Å². The van der Waals surface area contributed by atoms with E-state index in [9.17, 15) is 0 Å². The molecule has 2 heterocycles. The van der Waals surface area contributed by atoms with Gasteiger partial charge in [0.1, 0.15) is 0 Å². The molecule has 0 amide bonds. The van der Waals surface area contributed by atoms with Gasteiger partial charge in [-0.25, -0.2) is 4.98 Å². The van der Waals surface area contributed by atoms with Crippen LogP contribution in [0.25, 0.3) is 0 Å². The second-order valence-corrected chi connectivity index (χ2v) is 6.26. The summed E-state index contributed by atoms with van der Waals surface area (Å²) in [5.74, 6) is 0. The summed E-state index contributed by atoms with van der Waals surface area (Å²) < 4.78 is 2.27. The van der Waals surface area contributed by atoms with Gasteiger partial charge in [0.25, 0.3) is 0 Å². The Kier molecular flexibility index (Phi) is 4.63. The third-order valence-electron chi connectivity index (χ3n) is 4.19. The lowest BCUT2D eigenvalue weighted by Gasteiger charge is -2.37. The summed E-state index contributed by atoms with van der Waals surface area (Å²) >= 11 is 0. The molecule has 0 spiro atoms. The largest absolute Gasteiger partial charge is 0.331 e. The smallest absolute Gasteiger partial charge is 0.0951 e. The standard InChI is InChI=1S/C15H28N4/c1-11(2)18-8-6-5-7-13(16)15(18)14-9-17-10-19(14)12(3)4/h9-13,15H,5-8,16H2,1-4H3. The van der Waals surface area contributed by atoms with Gasteiger partial charge in [-0.2, -0.15) is 0 Å². The summed E-state index contributed by atoms with van der Waals surface area (Å²) in [4.78, 5) is 6.91. The van der Waals surface area contributed by atoms with E-state index in [0.717, 1.165) is 13.0 Å². The normalized spacial score (nSPS) is 26.1. The Labute approximate surface area is 117 Å². The Morgan fingerprint density at radius 1 is 1.21 bits per heavy atom. The van der Waals surface area contributed by atoms with E-state index in [1.54, 1.807) is 0 Å². The highest BCUT2D eigenvalue weighted by atomic mass is 15.2. The van der Waals surface area contributed by atoms with E-state index in [-0.39, 0.29) is 6.04 Å². The van der Waals surface area contributed by atoms with E-state index in [2.05, 4.69) is 42.1 Å². The lowest BCUT2D eigenvalue weighted by molar-refractivity contribution is 0.137. The molecule has 1 aromatic heterocycles. The maximum Gasteiger partial charge on any atom is 0.0951 e. The van der Waals surface area contributed by atoms with Crippen LogP contribution in [0.15, 0.2) is 12.5 Å². The molecule has 0 saturated carbocycles. The molecule has 1 fully saturated rings. The number of hydrogen-bond acceptors (Lipinski definition) is 3. The Bertz CT molecular complexity index is 397. The molecule has 1 saturated heterocycles. The average Bonchev–Trinajstić information content (AvgIpc) is 2.73. The number of aromatic nitrogens is 2. The zero-order valence-corrected chi connectivity index (χ0v) is 12.7. The molecule has 2 N–H and O–H groups in total. The molecule has 0 aromatic carbocycles. The minimum atomic E-state index is 0.207. The number of nitrogens with two attached hydrogens (primary N) is 1. The van der Waals surface area contributed by atoms with Crippen LogP contribution in [0.2, 0.25) is 0 Å². The fourth-order valence-electron chi connectivity index (χ4n) is 3.16. The third kappa shape index (κ3) is 3.00. The number of nitrogens with zero attached hydrogens (tertiary/aromatic N) is 3. The first-order valence-corrected chi connectivity index (χ1v) is 7.55. The molecule has 108 valence electrons. The molecule has 1 aromatic rings. The van der Waals surface area contributed by atoms with Gasteiger partial charge in [0.05, 0.1) is 18.1 Å². The fraction of sp³-hybridized carbons (Fsp3) is 0.800. The predicted octanol–water partition coefficient (Wildman–Crippen LogP) is 2.73. The SMILES string of the molecule is CC(C)N1CCCCC(N)C1c1cncn1C(C)C. The van der Waals surface area contributed by atoms with Crippen LogP contribution >= 0.6 is 0 Å². The first-order valence-electron chi connectivity index (χ1n) is 7.55. The van der Waals surface area contributed by atoms with Crippen LogP contribution in [0.1, 0.15) is 64.7 Å². The van der Waals surface area contributed by atoms with Crippen molar-refractivity contribution in [1.82, 2.24) is 14.5 Å². The van der Waals surface area contributed by atoms with Crippen molar-refractivity contribution in [3.8, 4) is 0 Å². The van der Waals surface area contributed by atoms with E-state index in [1.807, 2.05) is 12.5 Å². The molecular formula is C15H28N4. The van der Waals surface area contributed by atoms with Crippen molar-refractivity contribution >= 4 is 0 Å². The van der Waals surface area contributed by atoms with Gasteiger partial charge in [0.2, 0.25) is 0 Å². The summed E-state index contributed by atoms with van der Waals surface area (Å²) in [5, 5.41) is 0. The Morgan fingerprint density at radius 3 is 2.58 bits per heavy atom. The minimum Gasteiger partial charge on any atom is -0.331 e. The average molecular weight is 264 g/mol. The molecule has 1 aliphatic heterocycles. The van der Waals surface area contributed by atoms with E-state index in [4.69, 9.17) is 5.73 Å². The first kappa shape index (κ1) is 14.5. The number of imidazole rings is 1. The molecule has 2 rings (SSSR count). The van der Waals surface area contributed by atoms with Gasteiger partial charge in [-0.3, -0.25) is 4.90 Å². The second kappa shape index (κ2) is 6.06. The second-order valence-electron chi connectivity index (χ2n) is 6.26. The maximum absolute atomic E-state index is 6.48.